The first-order valence-electron chi connectivity index (χ1n) is 13.4. The fourth-order valence-corrected chi connectivity index (χ4v) is 5.86. The smallest absolute Gasteiger partial charge is 0.328 e. The summed E-state index contributed by atoms with van der Waals surface area (Å²) < 4.78 is 16.1. The Morgan fingerprint density at radius 2 is 1.61 bits per heavy atom. The molecule has 3 aliphatic heterocycles. The van der Waals surface area contributed by atoms with Crippen molar-refractivity contribution in [2.75, 3.05) is 71.7 Å². The summed E-state index contributed by atoms with van der Waals surface area (Å²) in [5.41, 5.74) is 2.54. The number of methoxy groups -OCH3 is 2. The zero-order valence-electron chi connectivity index (χ0n) is 22.4. The highest BCUT2D eigenvalue weighted by molar-refractivity contribution is 6.07. The summed E-state index contributed by atoms with van der Waals surface area (Å²) >= 11 is 0. The zero-order valence-corrected chi connectivity index (χ0v) is 22.4. The van der Waals surface area contributed by atoms with E-state index in [1.165, 1.54) is 16.2 Å². The molecule has 0 unspecified atom stereocenters. The molecule has 0 atom stereocenters. The third-order valence-corrected chi connectivity index (χ3v) is 7.99. The van der Waals surface area contributed by atoms with Gasteiger partial charge in [0.15, 0.2) is 0 Å². The van der Waals surface area contributed by atoms with Gasteiger partial charge in [0.2, 0.25) is 0 Å². The van der Waals surface area contributed by atoms with Crippen molar-refractivity contribution in [1.29, 1.82) is 0 Å². The van der Waals surface area contributed by atoms with Crippen LogP contribution < -0.4 is 9.64 Å². The molecule has 3 aliphatic rings. The van der Waals surface area contributed by atoms with E-state index in [2.05, 4.69) is 34.1 Å². The third-order valence-electron chi connectivity index (χ3n) is 7.99. The van der Waals surface area contributed by atoms with Crippen LogP contribution in [-0.2, 0) is 27.4 Å². The minimum absolute atomic E-state index is 0.101. The zero-order chi connectivity index (χ0) is 26.5. The lowest BCUT2D eigenvalue weighted by Crippen LogP contribution is -2.57. The first-order valence-corrected chi connectivity index (χ1v) is 13.4. The van der Waals surface area contributed by atoms with Gasteiger partial charge in [-0.05, 0) is 48.2 Å². The molecular formula is C29H38N4O5. The SMILES string of the molecule is COCCN1C(=O)N(Cc2cccc(OC)c2)C(=O)C12CCN(Cc1cccc(N3CCOCC3)c1)CC2. The second kappa shape index (κ2) is 11.7. The number of anilines is 1. The van der Waals surface area contributed by atoms with Crippen LogP contribution in [0.2, 0.25) is 0 Å². The monoisotopic (exact) mass is 522 g/mol. The van der Waals surface area contributed by atoms with Crippen molar-refractivity contribution in [2.24, 2.45) is 0 Å². The van der Waals surface area contributed by atoms with Gasteiger partial charge in [0.25, 0.3) is 5.91 Å². The number of carbonyl (C=O) groups is 2. The fourth-order valence-electron chi connectivity index (χ4n) is 5.86. The Bertz CT molecular complexity index is 1130. The Morgan fingerprint density at radius 1 is 0.895 bits per heavy atom. The van der Waals surface area contributed by atoms with Crippen LogP contribution in [0.4, 0.5) is 10.5 Å². The van der Waals surface area contributed by atoms with Gasteiger partial charge < -0.3 is 24.0 Å². The molecule has 204 valence electrons. The molecule has 2 aromatic carbocycles. The molecule has 0 saturated carbocycles. The van der Waals surface area contributed by atoms with Crippen molar-refractivity contribution in [3.05, 3.63) is 59.7 Å². The van der Waals surface area contributed by atoms with E-state index >= 15 is 0 Å². The molecule has 0 N–H and O–H groups in total. The van der Waals surface area contributed by atoms with Crippen molar-refractivity contribution in [2.45, 2.75) is 31.5 Å². The Balaban J connectivity index is 1.28. The van der Waals surface area contributed by atoms with Crippen LogP contribution in [0.3, 0.4) is 0 Å². The van der Waals surface area contributed by atoms with Crippen molar-refractivity contribution >= 4 is 17.6 Å². The second-order valence-corrected chi connectivity index (χ2v) is 10.2. The van der Waals surface area contributed by atoms with E-state index < -0.39 is 5.54 Å². The molecule has 0 aromatic heterocycles. The van der Waals surface area contributed by atoms with Crippen molar-refractivity contribution in [1.82, 2.24) is 14.7 Å². The highest BCUT2D eigenvalue weighted by Crippen LogP contribution is 2.38. The predicted octanol–water partition coefficient (Wildman–Crippen LogP) is 2.98. The van der Waals surface area contributed by atoms with E-state index in [1.54, 1.807) is 19.1 Å². The van der Waals surface area contributed by atoms with Gasteiger partial charge in [0.1, 0.15) is 11.3 Å². The van der Waals surface area contributed by atoms with E-state index in [4.69, 9.17) is 14.2 Å². The number of piperidine rings is 1. The van der Waals surface area contributed by atoms with Gasteiger partial charge in [-0.15, -0.1) is 0 Å². The molecule has 5 rings (SSSR count). The molecule has 0 aliphatic carbocycles. The van der Waals surface area contributed by atoms with E-state index in [0.29, 0.717) is 31.7 Å². The predicted molar refractivity (Wildman–Crippen MR) is 144 cm³/mol. The van der Waals surface area contributed by atoms with Gasteiger partial charge in [-0.2, -0.15) is 0 Å². The van der Waals surface area contributed by atoms with Gasteiger partial charge in [-0.25, -0.2) is 4.79 Å². The maximum Gasteiger partial charge on any atom is 0.328 e. The maximum atomic E-state index is 13.9. The van der Waals surface area contributed by atoms with Crippen LogP contribution in [0, 0.1) is 0 Å². The van der Waals surface area contributed by atoms with Gasteiger partial charge >= 0.3 is 6.03 Å². The summed E-state index contributed by atoms with van der Waals surface area (Å²) in [4.78, 5) is 35.3. The summed E-state index contributed by atoms with van der Waals surface area (Å²) in [7, 11) is 3.23. The van der Waals surface area contributed by atoms with Crippen molar-refractivity contribution in [3.63, 3.8) is 0 Å². The minimum atomic E-state index is -0.819. The van der Waals surface area contributed by atoms with Crippen molar-refractivity contribution < 1.29 is 23.8 Å². The van der Waals surface area contributed by atoms with E-state index in [-0.39, 0.29) is 18.5 Å². The van der Waals surface area contributed by atoms with Gasteiger partial charge in [-0.1, -0.05) is 24.3 Å². The number of morpholine rings is 1. The molecule has 3 fully saturated rings. The first kappa shape index (κ1) is 26.5. The Kier molecular flexibility index (Phi) is 8.16. The number of hydrogen-bond acceptors (Lipinski definition) is 7. The molecule has 9 nitrogen and oxygen atoms in total. The van der Waals surface area contributed by atoms with E-state index in [9.17, 15) is 9.59 Å². The number of urea groups is 1. The van der Waals surface area contributed by atoms with Crippen LogP contribution in [0.5, 0.6) is 5.75 Å². The van der Waals surface area contributed by atoms with Gasteiger partial charge in [0, 0.05) is 52.1 Å². The number of rotatable bonds is 9. The van der Waals surface area contributed by atoms with Crippen LogP contribution in [-0.4, -0.2) is 98.9 Å². The molecule has 0 radical (unpaired) electrons. The van der Waals surface area contributed by atoms with Crippen LogP contribution >= 0.6 is 0 Å². The second-order valence-electron chi connectivity index (χ2n) is 10.2. The molecule has 38 heavy (non-hydrogen) atoms. The number of imide groups is 1. The van der Waals surface area contributed by atoms with Crippen molar-refractivity contribution in [3.8, 4) is 5.75 Å². The summed E-state index contributed by atoms with van der Waals surface area (Å²) in [5.74, 6) is 0.605. The molecule has 3 heterocycles. The highest BCUT2D eigenvalue weighted by Gasteiger charge is 2.57. The molecule has 3 saturated heterocycles. The Hall–Kier alpha value is -3.14. The topological polar surface area (TPSA) is 74.8 Å². The largest absolute Gasteiger partial charge is 0.497 e. The normalized spacial score (nSPS) is 20.0. The quantitative estimate of drug-likeness (QED) is 0.469. The Morgan fingerprint density at radius 3 is 2.32 bits per heavy atom. The van der Waals surface area contributed by atoms with Crippen LogP contribution in [0.1, 0.15) is 24.0 Å². The average Bonchev–Trinajstić information content (AvgIpc) is 3.14. The average molecular weight is 523 g/mol. The fraction of sp³-hybridized carbons (Fsp3) is 0.517. The lowest BCUT2D eigenvalue weighted by atomic mass is 9.85. The van der Waals surface area contributed by atoms with Gasteiger partial charge in [0.05, 0.1) is 33.5 Å². The summed E-state index contributed by atoms with van der Waals surface area (Å²) in [6.07, 6.45) is 1.22. The number of amides is 3. The molecule has 3 amide bonds. The standard InChI is InChI=1S/C29H38N4O5/c1-36-16-15-33-28(35)32(22-24-6-4-8-26(20-24)37-2)27(34)29(33)9-11-30(12-10-29)21-23-5-3-7-25(19-23)31-13-17-38-18-14-31/h3-8,19-20H,9-18,21-22H2,1-2H3. The van der Waals surface area contributed by atoms with E-state index in [0.717, 1.165) is 51.5 Å². The van der Waals surface area contributed by atoms with E-state index in [1.807, 2.05) is 24.3 Å². The number of ether oxygens (including phenoxy) is 3. The van der Waals surface area contributed by atoms with Crippen LogP contribution in [0.25, 0.3) is 0 Å². The molecule has 0 bridgehead atoms. The Labute approximate surface area is 224 Å². The summed E-state index contributed by atoms with van der Waals surface area (Å²) in [6, 6.07) is 16.0. The highest BCUT2D eigenvalue weighted by atomic mass is 16.5. The minimum Gasteiger partial charge on any atom is -0.497 e. The number of benzene rings is 2. The lowest BCUT2D eigenvalue weighted by molar-refractivity contribution is -0.136. The molecule has 9 heteroatoms. The first-order chi connectivity index (χ1) is 18.5. The molecule has 1 spiro atoms. The molecule has 2 aromatic rings. The number of carbonyl (C=O) groups excluding carboxylic acids is 2. The number of nitrogens with zero attached hydrogens (tertiary/aromatic N) is 4. The third kappa shape index (κ3) is 5.36. The maximum absolute atomic E-state index is 13.9. The van der Waals surface area contributed by atoms with Gasteiger partial charge in [-0.3, -0.25) is 14.6 Å². The molecular weight excluding hydrogens is 484 g/mol. The number of likely N-dealkylation sites (tertiary alicyclic amines) is 1. The number of hydrogen-bond donors (Lipinski definition) is 0. The summed E-state index contributed by atoms with van der Waals surface area (Å²) in [5, 5.41) is 0. The lowest BCUT2D eigenvalue weighted by Gasteiger charge is -2.42. The summed E-state index contributed by atoms with van der Waals surface area (Å²) in [6.45, 7) is 6.70. The van der Waals surface area contributed by atoms with Crippen LogP contribution in [0.15, 0.2) is 48.5 Å².